The average molecular weight is 334 g/mol. The summed E-state index contributed by atoms with van der Waals surface area (Å²) >= 11 is 12.4. The van der Waals surface area contributed by atoms with Crippen LogP contribution in [0.4, 0.5) is 0 Å². The molecule has 116 valence electrons. The van der Waals surface area contributed by atoms with Gasteiger partial charge < -0.3 is 5.32 Å². The Bertz CT molecular complexity index is 688. The van der Waals surface area contributed by atoms with E-state index in [2.05, 4.69) is 56.4 Å². The Balaban J connectivity index is 2.15. The molecule has 0 aromatic heterocycles. The number of nitrogens with one attached hydrogen (secondary N) is 1. The molecule has 0 bridgehead atoms. The molecule has 1 aliphatic rings. The molecule has 22 heavy (non-hydrogen) atoms. The second-order valence-corrected chi connectivity index (χ2v) is 7.89. The van der Waals surface area contributed by atoms with E-state index in [9.17, 15) is 0 Å². The highest BCUT2D eigenvalue weighted by atomic mass is 35.5. The summed E-state index contributed by atoms with van der Waals surface area (Å²) in [6.07, 6.45) is 0. The maximum atomic E-state index is 6.27. The Hall–Kier alpha value is -1.02. The van der Waals surface area contributed by atoms with Gasteiger partial charge in [0, 0.05) is 18.5 Å². The van der Waals surface area contributed by atoms with Gasteiger partial charge in [-0.1, -0.05) is 74.3 Å². The predicted molar refractivity (Wildman–Crippen MR) is 94.8 cm³/mol. The number of fused-ring (bicyclic) bond motifs is 1. The van der Waals surface area contributed by atoms with E-state index in [-0.39, 0.29) is 11.3 Å². The Labute approximate surface area is 142 Å². The predicted octanol–water partition coefficient (Wildman–Crippen LogP) is 5.64. The molecule has 2 unspecified atom stereocenters. The highest BCUT2D eigenvalue weighted by Crippen LogP contribution is 2.42. The third kappa shape index (κ3) is 2.90. The minimum atomic E-state index is 0.143. The van der Waals surface area contributed by atoms with Gasteiger partial charge in [0.1, 0.15) is 0 Å². The van der Waals surface area contributed by atoms with Gasteiger partial charge >= 0.3 is 0 Å². The van der Waals surface area contributed by atoms with Crippen LogP contribution >= 0.6 is 23.2 Å². The van der Waals surface area contributed by atoms with Gasteiger partial charge in [0.15, 0.2) is 0 Å². The molecule has 0 spiro atoms. The van der Waals surface area contributed by atoms with Gasteiger partial charge in [0.25, 0.3) is 0 Å². The van der Waals surface area contributed by atoms with E-state index in [0.29, 0.717) is 16.1 Å². The van der Waals surface area contributed by atoms with Crippen molar-refractivity contribution in [2.24, 2.45) is 5.41 Å². The fourth-order valence-electron chi connectivity index (χ4n) is 3.40. The van der Waals surface area contributed by atoms with Crippen LogP contribution in [0.15, 0.2) is 42.5 Å². The molecule has 0 fully saturated rings. The van der Waals surface area contributed by atoms with Crippen LogP contribution in [0.2, 0.25) is 10.0 Å². The first-order valence-corrected chi connectivity index (χ1v) is 8.39. The Morgan fingerprint density at radius 3 is 2.41 bits per heavy atom. The number of halogens is 2. The van der Waals surface area contributed by atoms with Crippen molar-refractivity contribution in [3.05, 3.63) is 69.2 Å². The highest BCUT2D eigenvalue weighted by Gasteiger charge is 2.37. The summed E-state index contributed by atoms with van der Waals surface area (Å²) in [7, 11) is 0. The SMILES string of the molecule is CC(C)(C)C1NCc2ccccc2C1c1ccc(Cl)c(Cl)c1. The Kier molecular flexibility index (Phi) is 4.24. The van der Waals surface area contributed by atoms with Crippen molar-refractivity contribution < 1.29 is 0 Å². The van der Waals surface area contributed by atoms with Crippen molar-refractivity contribution in [2.45, 2.75) is 39.3 Å². The third-order valence-corrected chi connectivity index (χ3v) is 5.21. The molecule has 1 heterocycles. The molecule has 3 rings (SSSR count). The van der Waals surface area contributed by atoms with Crippen LogP contribution in [0, 0.1) is 5.41 Å². The van der Waals surface area contributed by atoms with Gasteiger partial charge in [-0.2, -0.15) is 0 Å². The zero-order valence-electron chi connectivity index (χ0n) is 13.2. The maximum Gasteiger partial charge on any atom is 0.0595 e. The molecule has 0 saturated heterocycles. The van der Waals surface area contributed by atoms with Crippen LogP contribution in [-0.4, -0.2) is 6.04 Å². The molecule has 2 atom stereocenters. The fraction of sp³-hybridized carbons (Fsp3) is 0.368. The van der Waals surface area contributed by atoms with Crippen molar-refractivity contribution in [3.63, 3.8) is 0 Å². The second-order valence-electron chi connectivity index (χ2n) is 7.07. The van der Waals surface area contributed by atoms with Gasteiger partial charge in [-0.05, 0) is 34.2 Å². The van der Waals surface area contributed by atoms with E-state index < -0.39 is 0 Å². The van der Waals surface area contributed by atoms with Gasteiger partial charge in [-0.3, -0.25) is 0 Å². The lowest BCUT2D eigenvalue weighted by molar-refractivity contribution is 0.233. The summed E-state index contributed by atoms with van der Waals surface area (Å²) in [5.41, 5.74) is 4.11. The molecule has 0 saturated carbocycles. The Morgan fingerprint density at radius 1 is 1.00 bits per heavy atom. The van der Waals surface area contributed by atoms with Gasteiger partial charge in [-0.25, -0.2) is 0 Å². The molecule has 1 aliphatic heterocycles. The topological polar surface area (TPSA) is 12.0 Å². The first kappa shape index (κ1) is 15.9. The standard InChI is InChI=1S/C19H21Cl2N/c1-19(2,3)18-17(12-8-9-15(20)16(21)10-12)14-7-5-4-6-13(14)11-22-18/h4-10,17-18,22H,11H2,1-3H3. The van der Waals surface area contributed by atoms with E-state index in [1.54, 1.807) is 0 Å². The fourth-order valence-corrected chi connectivity index (χ4v) is 3.71. The smallest absolute Gasteiger partial charge is 0.0595 e. The quantitative estimate of drug-likeness (QED) is 0.711. The van der Waals surface area contributed by atoms with E-state index in [4.69, 9.17) is 23.2 Å². The Morgan fingerprint density at radius 2 is 1.73 bits per heavy atom. The summed E-state index contributed by atoms with van der Waals surface area (Å²) in [6.45, 7) is 7.76. The van der Waals surface area contributed by atoms with E-state index in [1.165, 1.54) is 16.7 Å². The molecule has 1 N–H and O–H groups in total. The van der Waals surface area contributed by atoms with E-state index in [0.717, 1.165) is 6.54 Å². The summed E-state index contributed by atoms with van der Waals surface area (Å²) < 4.78 is 0. The van der Waals surface area contributed by atoms with Crippen LogP contribution in [0.1, 0.15) is 43.4 Å². The summed E-state index contributed by atoms with van der Waals surface area (Å²) in [5.74, 6) is 0.278. The maximum absolute atomic E-state index is 6.27. The normalized spacial score (nSPS) is 21.5. The molecule has 2 aromatic rings. The third-order valence-electron chi connectivity index (χ3n) is 4.47. The number of rotatable bonds is 1. The average Bonchev–Trinajstić information content (AvgIpc) is 2.48. The zero-order valence-corrected chi connectivity index (χ0v) is 14.7. The molecule has 0 radical (unpaired) electrons. The monoisotopic (exact) mass is 333 g/mol. The summed E-state index contributed by atoms with van der Waals surface area (Å²) in [5, 5.41) is 4.95. The van der Waals surface area contributed by atoms with Crippen LogP contribution < -0.4 is 5.32 Å². The minimum Gasteiger partial charge on any atom is -0.308 e. The number of hydrogen-bond acceptors (Lipinski definition) is 1. The van der Waals surface area contributed by atoms with Crippen molar-refractivity contribution in [1.82, 2.24) is 5.32 Å². The number of hydrogen-bond donors (Lipinski definition) is 1. The number of benzene rings is 2. The van der Waals surface area contributed by atoms with Crippen molar-refractivity contribution >= 4 is 23.2 Å². The lowest BCUT2D eigenvalue weighted by Gasteiger charge is -2.42. The first-order chi connectivity index (χ1) is 10.4. The second kappa shape index (κ2) is 5.88. The minimum absolute atomic E-state index is 0.143. The molecular formula is C19H21Cl2N. The van der Waals surface area contributed by atoms with Crippen LogP contribution in [0.3, 0.4) is 0 Å². The van der Waals surface area contributed by atoms with Gasteiger partial charge in [-0.15, -0.1) is 0 Å². The van der Waals surface area contributed by atoms with Crippen LogP contribution in [0.25, 0.3) is 0 Å². The van der Waals surface area contributed by atoms with E-state index >= 15 is 0 Å². The van der Waals surface area contributed by atoms with Crippen LogP contribution in [-0.2, 0) is 6.54 Å². The van der Waals surface area contributed by atoms with Crippen molar-refractivity contribution in [2.75, 3.05) is 0 Å². The summed E-state index contributed by atoms with van der Waals surface area (Å²) in [4.78, 5) is 0. The van der Waals surface area contributed by atoms with Gasteiger partial charge in [0.05, 0.1) is 10.0 Å². The molecular weight excluding hydrogens is 313 g/mol. The van der Waals surface area contributed by atoms with Crippen molar-refractivity contribution in [1.29, 1.82) is 0 Å². The zero-order chi connectivity index (χ0) is 15.9. The first-order valence-electron chi connectivity index (χ1n) is 7.64. The lowest BCUT2D eigenvalue weighted by Crippen LogP contribution is -2.48. The highest BCUT2D eigenvalue weighted by molar-refractivity contribution is 6.42. The lowest BCUT2D eigenvalue weighted by atomic mass is 9.70. The largest absolute Gasteiger partial charge is 0.308 e. The van der Waals surface area contributed by atoms with Crippen molar-refractivity contribution in [3.8, 4) is 0 Å². The molecule has 2 aromatic carbocycles. The molecule has 3 heteroatoms. The van der Waals surface area contributed by atoms with Crippen LogP contribution in [0.5, 0.6) is 0 Å². The molecule has 0 amide bonds. The van der Waals surface area contributed by atoms with Gasteiger partial charge in [0.2, 0.25) is 0 Å². The van der Waals surface area contributed by atoms with E-state index in [1.807, 2.05) is 12.1 Å². The summed E-state index contributed by atoms with van der Waals surface area (Å²) in [6, 6.07) is 15.0. The molecule has 1 nitrogen and oxygen atoms in total. The molecule has 0 aliphatic carbocycles.